The molecule has 0 saturated heterocycles. The van der Waals surface area contributed by atoms with Crippen LogP contribution in [0.15, 0.2) is 23.3 Å². The predicted molar refractivity (Wildman–Crippen MR) is 103 cm³/mol. The lowest BCUT2D eigenvalue weighted by molar-refractivity contribution is -0.0512. The summed E-state index contributed by atoms with van der Waals surface area (Å²) < 4.78 is 34.7. The maximum Gasteiger partial charge on any atom is 0.387 e. The first-order chi connectivity index (χ1) is 12.8. The van der Waals surface area contributed by atoms with Gasteiger partial charge in [0.15, 0.2) is 11.5 Å². The van der Waals surface area contributed by atoms with Crippen molar-refractivity contribution in [2.24, 2.45) is 5.10 Å². The number of amides is 1. The van der Waals surface area contributed by atoms with Gasteiger partial charge in [-0.2, -0.15) is 13.9 Å². The molecule has 27 heavy (non-hydrogen) atoms. The van der Waals surface area contributed by atoms with E-state index in [4.69, 9.17) is 4.74 Å². The first-order valence-electron chi connectivity index (χ1n) is 8.70. The van der Waals surface area contributed by atoms with Gasteiger partial charge >= 0.3 is 11.9 Å². The number of rotatable bonds is 9. The van der Waals surface area contributed by atoms with E-state index in [9.17, 15) is 13.6 Å². The van der Waals surface area contributed by atoms with Gasteiger partial charge in [-0.1, -0.05) is 18.7 Å². The maximum absolute atomic E-state index is 12.5. The molecule has 1 atom stereocenters. The fraction of sp³-hybridized carbons (Fsp3) is 0.556. The summed E-state index contributed by atoms with van der Waals surface area (Å²) in [7, 11) is 5.34. The number of benzene rings is 1. The molecule has 0 bridgehead atoms. The molecule has 150 valence electrons. The highest BCUT2D eigenvalue weighted by molar-refractivity contribution is 8.14. The molecule has 0 radical (unpaired) electrons. The quantitative estimate of drug-likeness (QED) is 0.628. The summed E-state index contributed by atoms with van der Waals surface area (Å²) in [5.74, 6) is 0.165. The van der Waals surface area contributed by atoms with E-state index in [1.54, 1.807) is 12.1 Å². The van der Waals surface area contributed by atoms with Crippen molar-refractivity contribution in [3.05, 3.63) is 23.8 Å². The molecular formula is C18H25F2N3O3S. The fourth-order valence-electron chi connectivity index (χ4n) is 2.69. The summed E-state index contributed by atoms with van der Waals surface area (Å²) in [6, 6.07) is 4.72. The SMILES string of the molecule is CCC1SC(=O)N(CCCN(C)C)N=C1c1ccc(OC(F)F)c(OC)c1. The molecule has 1 amide bonds. The Balaban J connectivity index is 2.29. The van der Waals surface area contributed by atoms with Crippen molar-refractivity contribution in [1.29, 1.82) is 0 Å². The lowest BCUT2D eigenvalue weighted by atomic mass is 10.0. The summed E-state index contributed by atoms with van der Waals surface area (Å²) in [6.45, 7) is 0.422. The molecule has 0 aromatic heterocycles. The van der Waals surface area contributed by atoms with Gasteiger partial charge in [-0.3, -0.25) is 4.79 Å². The summed E-state index contributed by atoms with van der Waals surface area (Å²) >= 11 is 1.24. The number of thioether (sulfide) groups is 1. The number of hydrazone groups is 1. The van der Waals surface area contributed by atoms with Gasteiger partial charge in [0.05, 0.1) is 18.1 Å². The van der Waals surface area contributed by atoms with Crippen LogP contribution >= 0.6 is 11.8 Å². The van der Waals surface area contributed by atoms with Gasteiger partial charge in [-0.15, -0.1) is 0 Å². The van der Waals surface area contributed by atoms with Crippen LogP contribution < -0.4 is 9.47 Å². The second kappa shape index (κ2) is 9.89. The Morgan fingerprint density at radius 2 is 2.07 bits per heavy atom. The molecule has 1 unspecified atom stereocenters. The van der Waals surface area contributed by atoms with Gasteiger partial charge in [0, 0.05) is 12.1 Å². The Kier molecular flexibility index (Phi) is 7.85. The summed E-state index contributed by atoms with van der Waals surface area (Å²) in [5.41, 5.74) is 1.45. The monoisotopic (exact) mass is 401 g/mol. The molecule has 0 fully saturated rings. The molecule has 1 aromatic carbocycles. The zero-order valence-corrected chi connectivity index (χ0v) is 16.8. The standard InChI is InChI=1S/C18H25F2N3O3S/c1-5-15-16(21-23(18(24)27-15)10-6-9-22(2)3)12-7-8-13(26-17(19)20)14(11-12)25-4/h7-8,11,15,17H,5-6,9-10H2,1-4H3. The van der Waals surface area contributed by atoms with Crippen LogP contribution in [0.25, 0.3) is 0 Å². The number of carbonyl (C=O) groups is 1. The summed E-state index contributed by atoms with van der Waals surface area (Å²) in [5, 5.41) is 5.87. The Labute approximate surface area is 162 Å². The van der Waals surface area contributed by atoms with E-state index >= 15 is 0 Å². The van der Waals surface area contributed by atoms with E-state index in [0.29, 0.717) is 6.54 Å². The van der Waals surface area contributed by atoms with Gasteiger partial charge < -0.3 is 14.4 Å². The number of methoxy groups -OCH3 is 1. The van der Waals surface area contributed by atoms with E-state index in [-0.39, 0.29) is 22.0 Å². The number of alkyl halides is 2. The van der Waals surface area contributed by atoms with E-state index in [2.05, 4.69) is 9.84 Å². The zero-order valence-electron chi connectivity index (χ0n) is 15.9. The fourth-order valence-corrected chi connectivity index (χ4v) is 3.65. The maximum atomic E-state index is 12.5. The van der Waals surface area contributed by atoms with Crippen LogP contribution in [0.2, 0.25) is 0 Å². The van der Waals surface area contributed by atoms with Gasteiger partial charge in [0.2, 0.25) is 0 Å². The highest BCUT2D eigenvalue weighted by atomic mass is 32.2. The van der Waals surface area contributed by atoms with Crippen molar-refractivity contribution >= 4 is 22.7 Å². The molecule has 9 heteroatoms. The Morgan fingerprint density at radius 1 is 1.33 bits per heavy atom. The average Bonchev–Trinajstić information content (AvgIpc) is 2.62. The van der Waals surface area contributed by atoms with Crippen LogP contribution in [-0.4, -0.2) is 67.0 Å². The highest BCUT2D eigenvalue weighted by Gasteiger charge is 2.30. The van der Waals surface area contributed by atoms with Crippen LogP contribution in [0.5, 0.6) is 11.5 Å². The average molecular weight is 401 g/mol. The molecule has 1 aromatic rings. The third-order valence-corrected chi connectivity index (χ3v) is 5.26. The number of carbonyl (C=O) groups excluding carboxylic acids is 1. The number of hydrogen-bond acceptors (Lipinski definition) is 6. The van der Waals surface area contributed by atoms with Crippen molar-refractivity contribution < 1.29 is 23.0 Å². The molecule has 0 spiro atoms. The Morgan fingerprint density at radius 3 is 2.67 bits per heavy atom. The number of ether oxygens (including phenoxy) is 2. The Bertz CT molecular complexity index is 686. The lowest BCUT2D eigenvalue weighted by Gasteiger charge is -2.29. The molecule has 0 N–H and O–H groups in total. The molecular weight excluding hydrogens is 376 g/mol. The lowest BCUT2D eigenvalue weighted by Crippen LogP contribution is -2.36. The van der Waals surface area contributed by atoms with E-state index in [1.165, 1.54) is 29.9 Å². The van der Waals surface area contributed by atoms with Gasteiger partial charge in [0.25, 0.3) is 0 Å². The molecule has 1 aliphatic heterocycles. The molecule has 2 rings (SSSR count). The van der Waals surface area contributed by atoms with Crippen LogP contribution in [0.1, 0.15) is 25.3 Å². The van der Waals surface area contributed by atoms with Crippen molar-refractivity contribution in [2.45, 2.75) is 31.6 Å². The molecule has 1 heterocycles. The second-order valence-electron chi connectivity index (χ2n) is 6.29. The predicted octanol–water partition coefficient (Wildman–Crippen LogP) is 3.90. The van der Waals surface area contributed by atoms with Crippen LogP contribution in [0, 0.1) is 0 Å². The minimum atomic E-state index is -2.93. The van der Waals surface area contributed by atoms with Crippen LogP contribution in [0.4, 0.5) is 13.6 Å². The molecule has 6 nitrogen and oxygen atoms in total. The third-order valence-electron chi connectivity index (χ3n) is 4.01. The first-order valence-corrected chi connectivity index (χ1v) is 9.58. The van der Waals surface area contributed by atoms with Crippen molar-refractivity contribution in [1.82, 2.24) is 9.91 Å². The zero-order chi connectivity index (χ0) is 20.0. The van der Waals surface area contributed by atoms with Gasteiger partial charge in [0.1, 0.15) is 0 Å². The van der Waals surface area contributed by atoms with Crippen LogP contribution in [-0.2, 0) is 0 Å². The van der Waals surface area contributed by atoms with E-state index in [0.717, 1.165) is 30.7 Å². The van der Waals surface area contributed by atoms with Gasteiger partial charge in [-0.05, 0) is 51.7 Å². The topological polar surface area (TPSA) is 54.4 Å². The largest absolute Gasteiger partial charge is 0.493 e. The Hall–Kier alpha value is -1.87. The molecule has 1 aliphatic rings. The number of nitrogens with zero attached hydrogens (tertiary/aromatic N) is 3. The van der Waals surface area contributed by atoms with E-state index in [1.807, 2.05) is 25.9 Å². The summed E-state index contributed by atoms with van der Waals surface area (Å²) in [4.78, 5) is 14.4. The van der Waals surface area contributed by atoms with Crippen molar-refractivity contribution in [3.8, 4) is 11.5 Å². The molecule has 0 aliphatic carbocycles. The molecule has 0 saturated carbocycles. The van der Waals surface area contributed by atoms with Crippen LogP contribution in [0.3, 0.4) is 0 Å². The minimum Gasteiger partial charge on any atom is -0.493 e. The number of halogens is 2. The normalized spacial score (nSPS) is 17.5. The van der Waals surface area contributed by atoms with Gasteiger partial charge in [-0.25, -0.2) is 5.01 Å². The first kappa shape index (κ1) is 21.4. The third kappa shape index (κ3) is 5.80. The van der Waals surface area contributed by atoms with Crippen molar-refractivity contribution in [3.63, 3.8) is 0 Å². The highest BCUT2D eigenvalue weighted by Crippen LogP contribution is 2.34. The smallest absolute Gasteiger partial charge is 0.387 e. The van der Waals surface area contributed by atoms with Crippen molar-refractivity contribution in [2.75, 3.05) is 34.3 Å². The summed E-state index contributed by atoms with van der Waals surface area (Å²) in [6.07, 6.45) is 1.52. The number of hydrogen-bond donors (Lipinski definition) is 0. The minimum absolute atomic E-state index is 0.0349. The second-order valence-corrected chi connectivity index (χ2v) is 7.44. The van der Waals surface area contributed by atoms with E-state index < -0.39 is 6.61 Å².